The van der Waals surface area contributed by atoms with Crippen molar-refractivity contribution in [2.45, 2.75) is 19.1 Å². The third-order valence-corrected chi connectivity index (χ3v) is 5.56. The fraction of sp³-hybridized carbons (Fsp3) is 0.550. The van der Waals surface area contributed by atoms with Crippen molar-refractivity contribution in [3.05, 3.63) is 23.8 Å². The van der Waals surface area contributed by atoms with E-state index < -0.39 is 29.9 Å². The maximum atomic E-state index is 14.9. The molecular formula is C20H27F2N5O5. The van der Waals surface area contributed by atoms with Gasteiger partial charge in [-0.05, 0) is 14.0 Å². The lowest BCUT2D eigenvalue weighted by Gasteiger charge is -2.37. The summed E-state index contributed by atoms with van der Waals surface area (Å²) in [5.41, 5.74) is -0.176. The number of hydrogen-bond acceptors (Lipinski definition) is 7. The molecule has 0 aromatic heterocycles. The highest BCUT2D eigenvalue weighted by atomic mass is 19.1. The number of likely N-dealkylation sites (N-methyl/N-ethyl adjacent to an activating group) is 1. The molecular weight excluding hydrogens is 428 g/mol. The summed E-state index contributed by atoms with van der Waals surface area (Å²) in [5.74, 6) is -1.69. The molecule has 3 amide bonds. The summed E-state index contributed by atoms with van der Waals surface area (Å²) in [6.45, 7) is 3.03. The third-order valence-electron chi connectivity index (χ3n) is 5.56. The van der Waals surface area contributed by atoms with Crippen LogP contribution < -0.4 is 20.4 Å². The molecule has 2 aliphatic rings. The van der Waals surface area contributed by atoms with Gasteiger partial charge in [0.25, 0.3) is 0 Å². The first-order chi connectivity index (χ1) is 15.2. The highest BCUT2D eigenvalue weighted by molar-refractivity contribution is 5.90. The van der Waals surface area contributed by atoms with Gasteiger partial charge < -0.3 is 29.9 Å². The van der Waals surface area contributed by atoms with Gasteiger partial charge in [-0.1, -0.05) is 0 Å². The average molecular weight is 455 g/mol. The fourth-order valence-corrected chi connectivity index (χ4v) is 3.67. The number of amides is 3. The molecule has 3 rings (SSSR count). The minimum Gasteiger partial charge on any atom is -0.453 e. The molecule has 32 heavy (non-hydrogen) atoms. The van der Waals surface area contributed by atoms with Crippen LogP contribution in [0.3, 0.4) is 0 Å². The first-order valence-corrected chi connectivity index (χ1v) is 10.2. The van der Waals surface area contributed by atoms with Gasteiger partial charge in [0, 0.05) is 38.3 Å². The van der Waals surface area contributed by atoms with Crippen molar-refractivity contribution in [3.8, 4) is 0 Å². The van der Waals surface area contributed by atoms with Crippen molar-refractivity contribution in [2.75, 3.05) is 63.2 Å². The molecule has 2 N–H and O–H groups in total. The second-order valence-electron chi connectivity index (χ2n) is 7.57. The highest BCUT2D eigenvalue weighted by Gasteiger charge is 2.34. The number of ether oxygens (including phenoxy) is 2. The van der Waals surface area contributed by atoms with Gasteiger partial charge >= 0.3 is 12.2 Å². The summed E-state index contributed by atoms with van der Waals surface area (Å²) in [7, 11) is 2.90. The van der Waals surface area contributed by atoms with Crippen molar-refractivity contribution in [1.29, 1.82) is 0 Å². The van der Waals surface area contributed by atoms with Crippen molar-refractivity contribution in [3.63, 3.8) is 0 Å². The maximum Gasteiger partial charge on any atom is 0.414 e. The number of carbonyl (C=O) groups excluding carboxylic acids is 3. The van der Waals surface area contributed by atoms with E-state index >= 15 is 0 Å². The van der Waals surface area contributed by atoms with Crippen molar-refractivity contribution < 1.29 is 32.6 Å². The Hall–Kier alpha value is -3.15. The zero-order valence-electron chi connectivity index (χ0n) is 18.2. The van der Waals surface area contributed by atoms with Crippen LogP contribution in [0.15, 0.2) is 12.1 Å². The number of piperazine rings is 1. The lowest BCUT2D eigenvalue weighted by atomic mass is 10.2. The summed E-state index contributed by atoms with van der Waals surface area (Å²) in [6.07, 6.45) is -2.12. The van der Waals surface area contributed by atoms with Crippen LogP contribution in [-0.4, -0.2) is 88.6 Å². The van der Waals surface area contributed by atoms with Crippen LogP contribution in [-0.2, 0) is 14.3 Å². The zero-order valence-corrected chi connectivity index (χ0v) is 18.2. The minimum atomic E-state index is -0.813. The molecule has 2 unspecified atom stereocenters. The predicted molar refractivity (Wildman–Crippen MR) is 112 cm³/mol. The van der Waals surface area contributed by atoms with E-state index in [1.54, 1.807) is 23.8 Å². The first-order valence-electron chi connectivity index (χ1n) is 10.2. The molecule has 0 saturated carbocycles. The number of nitrogens with zero attached hydrogens (tertiary/aromatic N) is 3. The fourth-order valence-electron chi connectivity index (χ4n) is 3.67. The van der Waals surface area contributed by atoms with E-state index in [0.29, 0.717) is 13.1 Å². The topological polar surface area (TPSA) is 103 Å². The quantitative estimate of drug-likeness (QED) is 0.657. The molecule has 0 aliphatic carbocycles. The second-order valence-corrected chi connectivity index (χ2v) is 7.57. The predicted octanol–water partition coefficient (Wildman–Crippen LogP) is 0.902. The van der Waals surface area contributed by atoms with E-state index in [4.69, 9.17) is 4.74 Å². The maximum absolute atomic E-state index is 14.9. The molecule has 0 spiro atoms. The van der Waals surface area contributed by atoms with Gasteiger partial charge in [-0.15, -0.1) is 0 Å². The molecule has 0 bridgehead atoms. The molecule has 0 radical (unpaired) electrons. The Kier molecular flexibility index (Phi) is 7.33. The molecule has 2 saturated heterocycles. The number of carbonyl (C=O) groups is 3. The number of cyclic esters (lactones) is 1. The number of hydrogen-bond donors (Lipinski definition) is 2. The van der Waals surface area contributed by atoms with Gasteiger partial charge in [0.2, 0.25) is 5.91 Å². The van der Waals surface area contributed by atoms with Crippen LogP contribution >= 0.6 is 0 Å². The van der Waals surface area contributed by atoms with Crippen molar-refractivity contribution in [1.82, 2.24) is 15.5 Å². The molecule has 1 aromatic rings. The Labute approximate surface area is 184 Å². The molecule has 10 nitrogen and oxygen atoms in total. The summed E-state index contributed by atoms with van der Waals surface area (Å²) in [6, 6.07) is 1.83. The molecule has 2 fully saturated rings. The van der Waals surface area contributed by atoms with E-state index in [0.717, 1.165) is 17.0 Å². The van der Waals surface area contributed by atoms with Crippen molar-refractivity contribution in [2.24, 2.45) is 0 Å². The SMILES string of the molecule is CNC(C)C(=O)N1CCN(c2c(F)cc(N3CC(CNC(=O)OC)OC3=O)cc2F)CC1. The smallest absolute Gasteiger partial charge is 0.414 e. The van der Waals surface area contributed by atoms with Crippen LogP contribution in [0.5, 0.6) is 0 Å². The summed E-state index contributed by atoms with van der Waals surface area (Å²) >= 11 is 0. The number of benzene rings is 1. The normalized spacial score (nSPS) is 19.6. The van der Waals surface area contributed by atoms with Crippen LogP contribution in [0.1, 0.15) is 6.92 Å². The zero-order chi connectivity index (χ0) is 23.4. The molecule has 1 aromatic carbocycles. The van der Waals surface area contributed by atoms with Gasteiger partial charge in [-0.3, -0.25) is 9.69 Å². The van der Waals surface area contributed by atoms with E-state index in [-0.39, 0.29) is 49.5 Å². The molecule has 2 aliphatic heterocycles. The van der Waals surface area contributed by atoms with Crippen molar-refractivity contribution >= 4 is 29.5 Å². The second kappa shape index (κ2) is 9.98. The standard InChI is InChI=1S/C20H27F2N5O5/c1-12(23-2)18(28)26-6-4-25(5-7-26)17-15(21)8-13(9-16(17)22)27-11-14(32-20(27)30)10-24-19(29)31-3/h8-9,12,14,23H,4-7,10-11H2,1-3H3,(H,24,29). The van der Waals surface area contributed by atoms with E-state index in [2.05, 4.69) is 15.4 Å². The van der Waals surface area contributed by atoms with Gasteiger partial charge in [-0.2, -0.15) is 0 Å². The average Bonchev–Trinajstić information content (AvgIpc) is 3.16. The molecule has 2 atom stereocenters. The lowest BCUT2D eigenvalue weighted by molar-refractivity contribution is -0.133. The minimum absolute atomic E-state index is 0.00707. The molecule has 12 heteroatoms. The Morgan fingerprint density at radius 1 is 1.22 bits per heavy atom. The van der Waals surface area contributed by atoms with E-state index in [1.165, 1.54) is 7.11 Å². The van der Waals surface area contributed by atoms with Crippen LogP contribution in [0.2, 0.25) is 0 Å². The van der Waals surface area contributed by atoms with Gasteiger partial charge in [0.15, 0.2) is 11.6 Å². The Morgan fingerprint density at radius 2 is 1.84 bits per heavy atom. The number of halogens is 2. The summed E-state index contributed by atoms with van der Waals surface area (Å²) in [4.78, 5) is 39.9. The van der Waals surface area contributed by atoms with Crippen LogP contribution in [0.4, 0.5) is 29.7 Å². The summed E-state index contributed by atoms with van der Waals surface area (Å²) in [5, 5.41) is 5.30. The largest absolute Gasteiger partial charge is 0.453 e. The molecule has 176 valence electrons. The Balaban J connectivity index is 1.66. The van der Waals surface area contributed by atoms with Gasteiger partial charge in [0.1, 0.15) is 11.8 Å². The number of rotatable bonds is 6. The number of methoxy groups -OCH3 is 1. The lowest BCUT2D eigenvalue weighted by Crippen LogP contribution is -2.53. The summed E-state index contributed by atoms with van der Waals surface area (Å²) < 4.78 is 39.4. The number of nitrogens with one attached hydrogen (secondary N) is 2. The Bertz CT molecular complexity index is 855. The van der Waals surface area contributed by atoms with Crippen LogP contribution in [0, 0.1) is 11.6 Å². The van der Waals surface area contributed by atoms with E-state index in [1.807, 2.05) is 0 Å². The molecule has 2 heterocycles. The third kappa shape index (κ3) is 5.01. The van der Waals surface area contributed by atoms with Gasteiger partial charge in [-0.25, -0.2) is 18.4 Å². The van der Waals surface area contributed by atoms with E-state index in [9.17, 15) is 23.2 Å². The van der Waals surface area contributed by atoms with Gasteiger partial charge in [0.05, 0.1) is 31.9 Å². The number of alkyl carbamates (subject to hydrolysis) is 1. The Morgan fingerprint density at radius 3 is 2.41 bits per heavy atom. The monoisotopic (exact) mass is 455 g/mol. The van der Waals surface area contributed by atoms with Crippen LogP contribution in [0.25, 0.3) is 0 Å². The highest BCUT2D eigenvalue weighted by Crippen LogP contribution is 2.31. The number of anilines is 2. The first kappa shape index (κ1) is 23.5.